The van der Waals surface area contributed by atoms with Crippen LogP contribution in [0.5, 0.6) is 11.5 Å². The first-order valence-corrected chi connectivity index (χ1v) is 8.67. The minimum atomic E-state index is -1.67. The van der Waals surface area contributed by atoms with Gasteiger partial charge in [0.1, 0.15) is 11.5 Å². The second-order valence-electron chi connectivity index (χ2n) is 6.38. The van der Waals surface area contributed by atoms with E-state index in [2.05, 4.69) is 0 Å². The zero-order valence-electron chi connectivity index (χ0n) is 15.6. The molecule has 0 bridgehead atoms. The molecular formula is C20H22N2O6. The van der Waals surface area contributed by atoms with E-state index in [9.17, 15) is 19.8 Å². The molecule has 2 atom stereocenters. The second-order valence-corrected chi connectivity index (χ2v) is 6.38. The summed E-state index contributed by atoms with van der Waals surface area (Å²) in [6.07, 6.45) is -3.34. The number of aliphatic hydroxyl groups is 2. The molecule has 8 heteroatoms. The van der Waals surface area contributed by atoms with Gasteiger partial charge in [0.15, 0.2) is 0 Å². The summed E-state index contributed by atoms with van der Waals surface area (Å²) in [5, 5.41) is 20.8. The summed E-state index contributed by atoms with van der Waals surface area (Å²) in [5.74, 6) is -0.181. The van der Waals surface area contributed by atoms with Crippen molar-refractivity contribution in [2.24, 2.45) is 0 Å². The average molecular weight is 386 g/mol. The maximum atomic E-state index is 12.6. The quantitative estimate of drug-likeness (QED) is 0.759. The summed E-state index contributed by atoms with van der Waals surface area (Å²) < 4.78 is 10.2. The molecule has 0 aromatic heterocycles. The molecule has 2 N–H and O–H groups in total. The number of methoxy groups -OCH3 is 2. The van der Waals surface area contributed by atoms with Crippen molar-refractivity contribution in [1.29, 1.82) is 0 Å². The van der Waals surface area contributed by atoms with Gasteiger partial charge in [-0.1, -0.05) is 24.3 Å². The number of hydrogen-bond acceptors (Lipinski definition) is 6. The van der Waals surface area contributed by atoms with E-state index in [0.717, 1.165) is 9.80 Å². The number of benzene rings is 2. The van der Waals surface area contributed by atoms with Crippen molar-refractivity contribution in [3.05, 3.63) is 59.7 Å². The van der Waals surface area contributed by atoms with E-state index in [-0.39, 0.29) is 13.1 Å². The predicted octanol–water partition coefficient (Wildman–Crippen LogP) is 0.712. The van der Waals surface area contributed by atoms with E-state index in [0.29, 0.717) is 22.6 Å². The van der Waals surface area contributed by atoms with Gasteiger partial charge < -0.3 is 29.5 Å². The number of piperazine rings is 1. The molecular weight excluding hydrogens is 364 g/mol. The second kappa shape index (κ2) is 8.28. The van der Waals surface area contributed by atoms with Crippen molar-refractivity contribution in [1.82, 2.24) is 9.80 Å². The zero-order valence-corrected chi connectivity index (χ0v) is 15.6. The number of nitrogens with zero attached hydrogens (tertiary/aromatic N) is 2. The molecule has 1 aliphatic rings. The fourth-order valence-electron chi connectivity index (χ4n) is 2.99. The highest BCUT2D eigenvalue weighted by Crippen LogP contribution is 2.22. The molecule has 1 aliphatic heterocycles. The molecule has 1 fully saturated rings. The highest BCUT2D eigenvalue weighted by Gasteiger charge is 2.44. The SMILES string of the molecule is COc1ccc(CN2C(=O)C(O)N(Cc3ccc(OC)cc3)C(=O)C2O)cc1. The van der Waals surface area contributed by atoms with Crippen LogP contribution in [-0.2, 0) is 22.7 Å². The molecule has 2 amide bonds. The average Bonchev–Trinajstić information content (AvgIpc) is 2.73. The number of aliphatic hydroxyl groups excluding tert-OH is 2. The number of hydrogen-bond donors (Lipinski definition) is 2. The fraction of sp³-hybridized carbons (Fsp3) is 0.300. The topological polar surface area (TPSA) is 99.5 Å². The van der Waals surface area contributed by atoms with Gasteiger partial charge in [-0.2, -0.15) is 0 Å². The van der Waals surface area contributed by atoms with Crippen molar-refractivity contribution in [2.75, 3.05) is 14.2 Å². The highest BCUT2D eigenvalue weighted by atomic mass is 16.5. The van der Waals surface area contributed by atoms with Crippen molar-refractivity contribution in [3.63, 3.8) is 0 Å². The van der Waals surface area contributed by atoms with Crippen LogP contribution in [0.4, 0.5) is 0 Å². The number of amides is 2. The Hall–Kier alpha value is -3.10. The van der Waals surface area contributed by atoms with Crippen molar-refractivity contribution >= 4 is 11.8 Å². The van der Waals surface area contributed by atoms with Gasteiger partial charge in [0.05, 0.1) is 14.2 Å². The fourth-order valence-corrected chi connectivity index (χ4v) is 2.99. The predicted molar refractivity (Wildman–Crippen MR) is 99.1 cm³/mol. The van der Waals surface area contributed by atoms with Gasteiger partial charge in [0.2, 0.25) is 12.5 Å². The van der Waals surface area contributed by atoms with Gasteiger partial charge in [0.25, 0.3) is 11.8 Å². The van der Waals surface area contributed by atoms with Crippen molar-refractivity contribution in [2.45, 2.75) is 25.5 Å². The number of carbonyl (C=O) groups is 2. The van der Waals surface area contributed by atoms with E-state index < -0.39 is 24.3 Å². The smallest absolute Gasteiger partial charge is 0.275 e. The lowest BCUT2D eigenvalue weighted by Gasteiger charge is -2.40. The molecule has 2 unspecified atom stereocenters. The first kappa shape index (κ1) is 19.7. The van der Waals surface area contributed by atoms with Crippen LogP contribution >= 0.6 is 0 Å². The van der Waals surface area contributed by atoms with Crippen molar-refractivity contribution in [3.8, 4) is 11.5 Å². The molecule has 0 saturated carbocycles. The van der Waals surface area contributed by atoms with Gasteiger partial charge in [-0.05, 0) is 35.4 Å². The molecule has 1 saturated heterocycles. The Bertz CT molecular complexity index is 765. The summed E-state index contributed by atoms with van der Waals surface area (Å²) in [5.41, 5.74) is 1.38. The molecule has 8 nitrogen and oxygen atoms in total. The van der Waals surface area contributed by atoms with Crippen LogP contribution in [0.2, 0.25) is 0 Å². The molecule has 148 valence electrons. The van der Waals surface area contributed by atoms with E-state index in [1.54, 1.807) is 62.8 Å². The third kappa shape index (κ3) is 3.92. The largest absolute Gasteiger partial charge is 0.497 e. The molecule has 2 aromatic rings. The standard InChI is InChI=1S/C20H22N2O6/c1-27-15-7-3-13(4-8-15)11-21-17(23)19(25)22(20(26)18(21)24)12-14-5-9-16(28-2)10-6-14/h3-10,17,20,23,26H,11-12H2,1-2H3. The molecule has 0 spiro atoms. The monoisotopic (exact) mass is 386 g/mol. The molecule has 28 heavy (non-hydrogen) atoms. The van der Waals surface area contributed by atoms with Gasteiger partial charge in [-0.25, -0.2) is 0 Å². The lowest BCUT2D eigenvalue weighted by Crippen LogP contribution is -2.64. The van der Waals surface area contributed by atoms with Gasteiger partial charge >= 0.3 is 0 Å². The summed E-state index contributed by atoms with van der Waals surface area (Å²) >= 11 is 0. The van der Waals surface area contributed by atoms with Crippen LogP contribution in [0, 0.1) is 0 Å². The van der Waals surface area contributed by atoms with E-state index in [1.807, 2.05) is 0 Å². The Morgan fingerprint density at radius 3 is 1.32 bits per heavy atom. The minimum absolute atomic E-state index is 0.0107. The van der Waals surface area contributed by atoms with Crippen LogP contribution in [0.25, 0.3) is 0 Å². The highest BCUT2D eigenvalue weighted by molar-refractivity contribution is 5.95. The number of ether oxygens (including phenoxy) is 2. The summed E-state index contributed by atoms with van der Waals surface area (Å²) in [6, 6.07) is 13.7. The first-order chi connectivity index (χ1) is 13.4. The number of rotatable bonds is 6. The number of carbonyl (C=O) groups excluding carboxylic acids is 2. The Kier molecular flexibility index (Phi) is 5.81. The maximum Gasteiger partial charge on any atom is 0.275 e. The zero-order chi connectivity index (χ0) is 20.3. The van der Waals surface area contributed by atoms with Crippen molar-refractivity contribution < 1.29 is 29.3 Å². The summed E-state index contributed by atoms with van der Waals surface area (Å²) in [7, 11) is 3.08. The Balaban J connectivity index is 1.74. The van der Waals surface area contributed by atoms with E-state index >= 15 is 0 Å². The molecule has 0 radical (unpaired) electrons. The lowest BCUT2D eigenvalue weighted by molar-refractivity contribution is -0.193. The normalized spacial score (nSPS) is 19.7. The van der Waals surface area contributed by atoms with Crippen LogP contribution < -0.4 is 9.47 Å². The molecule has 3 rings (SSSR count). The minimum Gasteiger partial charge on any atom is -0.497 e. The first-order valence-electron chi connectivity index (χ1n) is 8.67. The molecule has 0 aliphatic carbocycles. The van der Waals surface area contributed by atoms with Crippen LogP contribution in [-0.4, -0.2) is 58.5 Å². The lowest BCUT2D eigenvalue weighted by atomic mass is 10.1. The third-order valence-corrected chi connectivity index (χ3v) is 4.62. The van der Waals surface area contributed by atoms with Crippen LogP contribution in [0.3, 0.4) is 0 Å². The van der Waals surface area contributed by atoms with Gasteiger partial charge in [-0.15, -0.1) is 0 Å². The van der Waals surface area contributed by atoms with Crippen LogP contribution in [0.1, 0.15) is 11.1 Å². The third-order valence-electron chi connectivity index (χ3n) is 4.62. The van der Waals surface area contributed by atoms with Crippen LogP contribution in [0.15, 0.2) is 48.5 Å². The molecule has 2 aromatic carbocycles. The Morgan fingerprint density at radius 2 is 1.04 bits per heavy atom. The maximum absolute atomic E-state index is 12.6. The Morgan fingerprint density at radius 1 is 0.714 bits per heavy atom. The summed E-state index contributed by atoms with van der Waals surface area (Å²) in [4.78, 5) is 27.1. The molecule has 1 heterocycles. The summed E-state index contributed by atoms with van der Waals surface area (Å²) in [6.45, 7) is -0.0215. The Labute approximate surface area is 162 Å². The van der Waals surface area contributed by atoms with Gasteiger partial charge in [-0.3, -0.25) is 9.59 Å². The van der Waals surface area contributed by atoms with Gasteiger partial charge in [0, 0.05) is 13.1 Å². The van der Waals surface area contributed by atoms with E-state index in [1.165, 1.54) is 0 Å². The van der Waals surface area contributed by atoms with E-state index in [4.69, 9.17) is 9.47 Å².